The van der Waals surface area contributed by atoms with Crippen LogP contribution in [0.4, 0.5) is 16.2 Å². The van der Waals surface area contributed by atoms with E-state index >= 15 is 0 Å². The Morgan fingerprint density at radius 1 is 1.22 bits per heavy atom. The number of urea groups is 1. The molecule has 2 amide bonds. The van der Waals surface area contributed by atoms with Crippen molar-refractivity contribution in [3.8, 4) is 0 Å². The maximum Gasteiger partial charge on any atom is 0.321 e. The molecule has 2 rings (SSSR count). The van der Waals surface area contributed by atoms with Crippen LogP contribution in [-0.4, -0.2) is 51.2 Å². The predicted octanol–water partition coefficient (Wildman–Crippen LogP) is 1.19. The minimum Gasteiger partial charge on any atom is -0.369 e. The van der Waals surface area contributed by atoms with Crippen LogP contribution >= 0.6 is 0 Å². The Morgan fingerprint density at radius 2 is 1.83 bits per heavy atom. The number of nitrogens with zero attached hydrogens (tertiary/aromatic N) is 2. The first-order chi connectivity index (χ1) is 8.66. The van der Waals surface area contributed by atoms with Crippen molar-refractivity contribution in [3.63, 3.8) is 0 Å². The molecule has 0 radical (unpaired) electrons. The maximum absolute atomic E-state index is 11.5. The fraction of sp³-hybridized carbons (Fsp3) is 0.462. The zero-order chi connectivity index (χ0) is 13.0. The van der Waals surface area contributed by atoms with Gasteiger partial charge >= 0.3 is 6.03 Å². The number of hydrogen-bond donors (Lipinski definition) is 2. The lowest BCUT2D eigenvalue weighted by molar-refractivity contribution is 0.230. The third kappa shape index (κ3) is 3.13. The molecule has 0 atom stereocenters. The van der Waals surface area contributed by atoms with E-state index in [1.807, 2.05) is 12.1 Å². The number of hydrogen-bond acceptors (Lipinski definition) is 3. The van der Waals surface area contributed by atoms with Crippen LogP contribution in [0.2, 0.25) is 0 Å². The zero-order valence-electron chi connectivity index (χ0n) is 10.9. The summed E-state index contributed by atoms with van der Waals surface area (Å²) in [5.74, 6) is 0. The van der Waals surface area contributed by atoms with Gasteiger partial charge in [0.05, 0.1) is 0 Å². The molecule has 0 aromatic heterocycles. The quantitative estimate of drug-likeness (QED) is 0.826. The number of anilines is 2. The standard InChI is InChI=1S/C13H20N4O/c1-16(2)13(18)15-11-3-5-12(6-4-11)17-9-7-14-8-10-17/h3-6,14H,7-10H2,1-2H3,(H,15,18). The van der Waals surface area contributed by atoms with E-state index in [1.165, 1.54) is 10.6 Å². The molecule has 1 saturated heterocycles. The van der Waals surface area contributed by atoms with Crippen molar-refractivity contribution in [2.24, 2.45) is 0 Å². The highest BCUT2D eigenvalue weighted by atomic mass is 16.2. The van der Waals surface area contributed by atoms with Gasteiger partial charge in [-0.2, -0.15) is 0 Å². The molecule has 18 heavy (non-hydrogen) atoms. The van der Waals surface area contributed by atoms with Crippen LogP contribution in [-0.2, 0) is 0 Å². The van der Waals surface area contributed by atoms with E-state index in [4.69, 9.17) is 0 Å². The van der Waals surface area contributed by atoms with Gasteiger partial charge in [-0.15, -0.1) is 0 Å². The van der Waals surface area contributed by atoms with Crippen molar-refractivity contribution in [3.05, 3.63) is 24.3 Å². The van der Waals surface area contributed by atoms with E-state index in [-0.39, 0.29) is 6.03 Å². The van der Waals surface area contributed by atoms with Gasteiger partial charge < -0.3 is 20.4 Å². The van der Waals surface area contributed by atoms with Crippen molar-refractivity contribution in [1.82, 2.24) is 10.2 Å². The first-order valence-electron chi connectivity index (χ1n) is 6.21. The van der Waals surface area contributed by atoms with E-state index < -0.39 is 0 Å². The van der Waals surface area contributed by atoms with E-state index in [9.17, 15) is 4.79 Å². The van der Waals surface area contributed by atoms with Crippen LogP contribution < -0.4 is 15.5 Å². The molecule has 5 heteroatoms. The third-order valence-corrected chi connectivity index (χ3v) is 3.01. The van der Waals surface area contributed by atoms with Crippen LogP contribution in [0.1, 0.15) is 0 Å². The average Bonchev–Trinajstić information content (AvgIpc) is 2.40. The smallest absolute Gasteiger partial charge is 0.321 e. The van der Waals surface area contributed by atoms with Crippen molar-refractivity contribution in [1.29, 1.82) is 0 Å². The monoisotopic (exact) mass is 248 g/mol. The molecule has 0 unspecified atom stereocenters. The minimum atomic E-state index is -0.107. The second-order valence-electron chi connectivity index (χ2n) is 4.61. The molecule has 0 aliphatic carbocycles. The van der Waals surface area contributed by atoms with Gasteiger partial charge in [-0.05, 0) is 24.3 Å². The number of carbonyl (C=O) groups excluding carboxylic acids is 1. The van der Waals surface area contributed by atoms with Gasteiger partial charge in [-0.25, -0.2) is 4.79 Å². The molecule has 2 N–H and O–H groups in total. The van der Waals surface area contributed by atoms with Gasteiger partial charge in [0, 0.05) is 51.6 Å². The molecule has 1 fully saturated rings. The summed E-state index contributed by atoms with van der Waals surface area (Å²) < 4.78 is 0. The molecular weight excluding hydrogens is 228 g/mol. The zero-order valence-corrected chi connectivity index (χ0v) is 10.9. The van der Waals surface area contributed by atoms with Crippen LogP contribution in [0.3, 0.4) is 0 Å². The molecular formula is C13H20N4O. The lowest BCUT2D eigenvalue weighted by Gasteiger charge is -2.29. The minimum absolute atomic E-state index is 0.107. The van der Waals surface area contributed by atoms with E-state index in [0.717, 1.165) is 31.9 Å². The van der Waals surface area contributed by atoms with Gasteiger partial charge in [0.15, 0.2) is 0 Å². The van der Waals surface area contributed by atoms with Crippen molar-refractivity contribution < 1.29 is 4.79 Å². The summed E-state index contributed by atoms with van der Waals surface area (Å²) >= 11 is 0. The van der Waals surface area contributed by atoms with E-state index in [0.29, 0.717) is 0 Å². The normalized spacial score (nSPS) is 15.3. The average molecular weight is 248 g/mol. The number of carbonyl (C=O) groups is 1. The highest BCUT2D eigenvalue weighted by Crippen LogP contribution is 2.18. The molecule has 1 aliphatic rings. The van der Waals surface area contributed by atoms with Crippen molar-refractivity contribution in [2.45, 2.75) is 0 Å². The number of amides is 2. The molecule has 1 heterocycles. The molecule has 98 valence electrons. The fourth-order valence-electron chi connectivity index (χ4n) is 1.91. The van der Waals surface area contributed by atoms with Crippen LogP contribution in [0.5, 0.6) is 0 Å². The summed E-state index contributed by atoms with van der Waals surface area (Å²) in [6, 6.07) is 7.88. The van der Waals surface area contributed by atoms with Gasteiger partial charge in [-0.1, -0.05) is 0 Å². The number of piperazine rings is 1. The Morgan fingerprint density at radius 3 is 2.39 bits per heavy atom. The van der Waals surface area contributed by atoms with E-state index in [2.05, 4.69) is 27.7 Å². The summed E-state index contributed by atoms with van der Waals surface area (Å²) in [7, 11) is 3.45. The fourth-order valence-corrected chi connectivity index (χ4v) is 1.91. The first-order valence-corrected chi connectivity index (χ1v) is 6.21. The molecule has 0 saturated carbocycles. The Hall–Kier alpha value is -1.75. The van der Waals surface area contributed by atoms with Gasteiger partial charge in [0.1, 0.15) is 0 Å². The maximum atomic E-state index is 11.5. The Labute approximate surface area is 108 Å². The molecule has 1 aliphatic heterocycles. The molecule has 1 aromatic rings. The van der Waals surface area contributed by atoms with E-state index in [1.54, 1.807) is 14.1 Å². The Kier molecular flexibility index (Phi) is 4.04. The lowest BCUT2D eigenvalue weighted by atomic mass is 10.2. The highest BCUT2D eigenvalue weighted by Gasteiger charge is 2.10. The van der Waals surface area contributed by atoms with Crippen molar-refractivity contribution >= 4 is 17.4 Å². The number of benzene rings is 1. The molecule has 5 nitrogen and oxygen atoms in total. The van der Waals surface area contributed by atoms with Crippen LogP contribution in [0.25, 0.3) is 0 Å². The molecule has 0 bridgehead atoms. The van der Waals surface area contributed by atoms with Gasteiger partial charge in [0.25, 0.3) is 0 Å². The summed E-state index contributed by atoms with van der Waals surface area (Å²) in [6.07, 6.45) is 0. The summed E-state index contributed by atoms with van der Waals surface area (Å²) in [4.78, 5) is 15.4. The second kappa shape index (κ2) is 5.73. The van der Waals surface area contributed by atoms with Crippen molar-refractivity contribution in [2.75, 3.05) is 50.5 Å². The van der Waals surface area contributed by atoms with Gasteiger partial charge in [-0.3, -0.25) is 0 Å². The highest BCUT2D eigenvalue weighted by molar-refractivity contribution is 5.89. The second-order valence-corrected chi connectivity index (χ2v) is 4.61. The Balaban J connectivity index is 1.98. The number of nitrogens with one attached hydrogen (secondary N) is 2. The van der Waals surface area contributed by atoms with Gasteiger partial charge in [0.2, 0.25) is 0 Å². The molecule has 0 spiro atoms. The first kappa shape index (κ1) is 12.7. The summed E-state index contributed by atoms with van der Waals surface area (Å²) in [6.45, 7) is 4.12. The summed E-state index contributed by atoms with van der Waals surface area (Å²) in [5, 5.41) is 6.16. The lowest BCUT2D eigenvalue weighted by Crippen LogP contribution is -2.43. The largest absolute Gasteiger partial charge is 0.369 e. The summed E-state index contributed by atoms with van der Waals surface area (Å²) in [5.41, 5.74) is 2.03. The SMILES string of the molecule is CN(C)C(=O)Nc1ccc(N2CCNCC2)cc1. The Bertz CT molecular complexity index is 396. The number of rotatable bonds is 2. The van der Waals surface area contributed by atoms with Crippen LogP contribution in [0, 0.1) is 0 Å². The third-order valence-electron chi connectivity index (χ3n) is 3.01. The predicted molar refractivity (Wildman–Crippen MR) is 74.2 cm³/mol. The molecule has 1 aromatic carbocycles. The van der Waals surface area contributed by atoms with Crippen LogP contribution in [0.15, 0.2) is 24.3 Å². The topological polar surface area (TPSA) is 47.6 Å².